The lowest BCUT2D eigenvalue weighted by atomic mass is 10.8. The average Bonchev–Trinajstić information content (AvgIpc) is 1.99. The Morgan fingerprint density at radius 3 is 1.75 bits per heavy atom. The molecule has 50 valence electrons. The molecule has 0 aromatic rings. The molecule has 0 saturated carbocycles. The van der Waals surface area contributed by atoms with Crippen LogP contribution in [0.5, 0.6) is 0 Å². The number of rotatable bonds is 5. The van der Waals surface area contributed by atoms with Crippen molar-refractivity contribution < 1.29 is 2.74 Å². The lowest BCUT2D eigenvalue weighted by Gasteiger charge is -1.93. The van der Waals surface area contributed by atoms with Crippen molar-refractivity contribution in [1.29, 1.82) is 0 Å². The summed E-state index contributed by atoms with van der Waals surface area (Å²) in [5, 5.41) is 0. The smallest absolute Gasteiger partial charge is 0.0402 e. The summed E-state index contributed by atoms with van der Waals surface area (Å²) in [6, 6.07) is 0. The van der Waals surface area contributed by atoms with Crippen LogP contribution in [0.15, 0.2) is 0 Å². The molecule has 0 saturated heterocycles. The van der Waals surface area contributed by atoms with E-state index in [9.17, 15) is 0 Å². The lowest BCUT2D eigenvalue weighted by Crippen LogP contribution is -2.02. The molecule has 2 unspecified atom stereocenters. The molecular formula is C4H12N2S2. The van der Waals surface area contributed by atoms with Crippen LogP contribution < -0.4 is 11.5 Å². The van der Waals surface area contributed by atoms with E-state index in [2.05, 4.69) is 0 Å². The van der Waals surface area contributed by atoms with Crippen molar-refractivity contribution >= 4 is 21.6 Å². The van der Waals surface area contributed by atoms with Gasteiger partial charge in [0.1, 0.15) is 0 Å². The van der Waals surface area contributed by atoms with E-state index in [4.69, 9.17) is 14.2 Å². The monoisotopic (exact) mass is 154 g/mol. The third-order valence-corrected chi connectivity index (χ3v) is 2.30. The van der Waals surface area contributed by atoms with E-state index in [1.54, 1.807) is 0 Å². The maximum absolute atomic E-state index is 7.18. The molecule has 0 bridgehead atoms. The van der Waals surface area contributed by atoms with Gasteiger partial charge in [0.2, 0.25) is 0 Å². The minimum absolute atomic E-state index is 0.328. The summed E-state index contributed by atoms with van der Waals surface area (Å²) in [6.07, 6.45) is 0. The zero-order valence-corrected chi connectivity index (χ0v) is 6.17. The molecule has 0 aliphatic heterocycles. The highest BCUT2D eigenvalue weighted by Gasteiger charge is 1.84. The van der Waals surface area contributed by atoms with Crippen molar-refractivity contribution in [3.8, 4) is 0 Å². The van der Waals surface area contributed by atoms with Gasteiger partial charge >= 0.3 is 0 Å². The van der Waals surface area contributed by atoms with Gasteiger partial charge < -0.3 is 11.5 Å². The van der Waals surface area contributed by atoms with E-state index in [1.807, 2.05) is 0 Å². The Balaban J connectivity index is 3.17. The second-order valence-electron chi connectivity index (χ2n) is 0.997. The van der Waals surface area contributed by atoms with Crippen molar-refractivity contribution in [2.24, 2.45) is 11.5 Å². The SMILES string of the molecule is [2H]C(CN)SSC([2H])CN. The minimum Gasteiger partial charge on any atom is -0.330 e. The summed E-state index contributed by atoms with van der Waals surface area (Å²) in [7, 11) is 2.60. The molecule has 4 heteroatoms. The quantitative estimate of drug-likeness (QED) is 0.559. The fourth-order valence-electron chi connectivity index (χ4n) is 0.157. The van der Waals surface area contributed by atoms with E-state index in [0.29, 0.717) is 13.1 Å². The first-order valence-corrected chi connectivity index (χ1v) is 4.55. The van der Waals surface area contributed by atoms with Crippen LogP contribution in [0.3, 0.4) is 0 Å². The fourth-order valence-corrected chi connectivity index (χ4v) is 1.41. The van der Waals surface area contributed by atoms with Gasteiger partial charge in [-0.2, -0.15) is 0 Å². The van der Waals surface area contributed by atoms with Gasteiger partial charge in [-0.1, -0.05) is 21.6 Å². The van der Waals surface area contributed by atoms with Crippen LogP contribution >= 0.6 is 21.6 Å². The van der Waals surface area contributed by atoms with Gasteiger partial charge in [0.15, 0.2) is 0 Å². The highest BCUT2D eigenvalue weighted by atomic mass is 33.1. The summed E-state index contributed by atoms with van der Waals surface area (Å²) in [5.41, 5.74) is 9.71. The predicted octanol–water partition coefficient (Wildman–Crippen LogP) is 0.285. The van der Waals surface area contributed by atoms with Crippen molar-refractivity contribution in [1.82, 2.24) is 0 Å². The molecule has 8 heavy (non-hydrogen) atoms. The zero-order valence-electron chi connectivity index (χ0n) is 6.54. The van der Waals surface area contributed by atoms with Crippen LogP contribution in [0.4, 0.5) is 0 Å². The van der Waals surface area contributed by atoms with Gasteiger partial charge in [0, 0.05) is 27.3 Å². The van der Waals surface area contributed by atoms with Gasteiger partial charge in [-0.25, -0.2) is 0 Å². The Hall–Kier alpha value is 0.620. The molecule has 0 radical (unpaired) electrons. The third-order valence-electron chi connectivity index (χ3n) is 0.384. The zero-order chi connectivity index (χ0) is 7.98. The van der Waals surface area contributed by atoms with Gasteiger partial charge in [-0.05, 0) is 0 Å². The second-order valence-corrected chi connectivity index (χ2v) is 3.20. The molecule has 0 fully saturated rings. The molecule has 0 amide bonds. The molecule has 0 aliphatic carbocycles. The largest absolute Gasteiger partial charge is 0.330 e. The second kappa shape index (κ2) is 7.62. The van der Waals surface area contributed by atoms with Gasteiger partial charge in [0.05, 0.1) is 0 Å². The Morgan fingerprint density at radius 1 is 1.12 bits per heavy atom. The average molecular weight is 154 g/mol. The Morgan fingerprint density at radius 2 is 1.50 bits per heavy atom. The molecule has 0 heterocycles. The summed E-state index contributed by atoms with van der Waals surface area (Å²) >= 11 is 0. The highest BCUT2D eigenvalue weighted by molar-refractivity contribution is 8.76. The molecular weight excluding hydrogens is 140 g/mol. The van der Waals surface area contributed by atoms with E-state index in [-0.39, 0.29) is 11.5 Å². The molecule has 4 N–H and O–H groups in total. The Kier molecular flexibility index (Phi) is 5.15. The van der Waals surface area contributed by atoms with Crippen molar-refractivity contribution in [2.75, 3.05) is 24.5 Å². The van der Waals surface area contributed by atoms with E-state index < -0.39 is 0 Å². The van der Waals surface area contributed by atoms with Crippen LogP contribution in [0, 0.1) is 0 Å². The van der Waals surface area contributed by atoms with Gasteiger partial charge in [-0.3, -0.25) is 0 Å². The van der Waals surface area contributed by atoms with Crippen LogP contribution in [-0.2, 0) is 0 Å². The molecule has 2 nitrogen and oxygen atoms in total. The first kappa shape index (κ1) is 5.41. The summed E-state index contributed by atoms with van der Waals surface area (Å²) in [4.78, 5) is 0. The minimum atomic E-state index is -0.329. The Bertz CT molecular complexity index is 75.7. The third kappa shape index (κ3) is 6.62. The van der Waals surface area contributed by atoms with Crippen LogP contribution in [0.1, 0.15) is 2.74 Å². The summed E-state index contributed by atoms with van der Waals surface area (Å²) < 4.78 is 14.4. The van der Waals surface area contributed by atoms with Crippen molar-refractivity contribution in [3.05, 3.63) is 0 Å². The predicted molar refractivity (Wildman–Crippen MR) is 43.0 cm³/mol. The first-order valence-electron chi connectivity index (χ1n) is 3.43. The maximum Gasteiger partial charge on any atom is 0.0402 e. The van der Waals surface area contributed by atoms with Gasteiger partial charge in [0.25, 0.3) is 0 Å². The van der Waals surface area contributed by atoms with Gasteiger partial charge in [-0.15, -0.1) is 0 Å². The first-order chi connectivity index (χ1) is 4.70. The lowest BCUT2D eigenvalue weighted by molar-refractivity contribution is 1.15. The van der Waals surface area contributed by atoms with Crippen molar-refractivity contribution in [2.45, 2.75) is 0 Å². The standard InChI is InChI=1S/C4H12N2S2/c5-1-3-7-8-4-2-6/h1-6H2/i3D,4D. The molecule has 0 aliphatic rings. The van der Waals surface area contributed by atoms with Crippen LogP contribution in [0.2, 0.25) is 0 Å². The fraction of sp³-hybridized carbons (Fsp3) is 1.00. The van der Waals surface area contributed by atoms with E-state index in [1.165, 1.54) is 21.6 Å². The van der Waals surface area contributed by atoms with Crippen molar-refractivity contribution in [3.63, 3.8) is 0 Å². The number of hydrogen-bond donors (Lipinski definition) is 2. The van der Waals surface area contributed by atoms with E-state index >= 15 is 0 Å². The molecule has 0 rings (SSSR count). The molecule has 0 spiro atoms. The normalized spacial score (nSPS) is 21.2. The van der Waals surface area contributed by atoms with Crippen LogP contribution in [0.25, 0.3) is 0 Å². The molecule has 0 aromatic carbocycles. The summed E-state index contributed by atoms with van der Waals surface area (Å²) in [5.74, 6) is 0. The topological polar surface area (TPSA) is 52.0 Å². The number of nitrogens with two attached hydrogens (primary N) is 2. The summed E-state index contributed by atoms with van der Waals surface area (Å²) in [6.45, 7) is 0.657. The van der Waals surface area contributed by atoms with E-state index in [0.717, 1.165) is 0 Å². The Labute approximate surface area is 61.0 Å². The molecule has 2 atom stereocenters. The molecule has 0 aromatic heterocycles. The highest BCUT2D eigenvalue weighted by Crippen LogP contribution is 2.18. The number of hydrogen-bond acceptors (Lipinski definition) is 4. The maximum atomic E-state index is 7.18. The van der Waals surface area contributed by atoms with Crippen LogP contribution in [-0.4, -0.2) is 24.5 Å².